The summed E-state index contributed by atoms with van der Waals surface area (Å²) in [6.07, 6.45) is 3.55. The number of nitrogens with zero attached hydrogens (tertiary/aromatic N) is 2. The first-order valence-electron chi connectivity index (χ1n) is 7.87. The zero-order chi connectivity index (χ0) is 15.4. The van der Waals surface area contributed by atoms with Crippen LogP contribution in [0.2, 0.25) is 0 Å². The molecule has 6 heteroatoms. The van der Waals surface area contributed by atoms with Crippen molar-refractivity contribution in [3.05, 3.63) is 0 Å². The summed E-state index contributed by atoms with van der Waals surface area (Å²) in [5.74, 6) is 0.0896. The maximum atomic E-state index is 12.1. The molecule has 0 aromatic carbocycles. The SMILES string of the molecule is CC(C)SCC(=O)N1CCC(N2CCCC2C(=O)O)CC1. The van der Waals surface area contributed by atoms with E-state index in [9.17, 15) is 14.7 Å². The van der Waals surface area contributed by atoms with Crippen molar-refractivity contribution in [2.45, 2.75) is 56.9 Å². The van der Waals surface area contributed by atoms with Gasteiger partial charge >= 0.3 is 5.97 Å². The Bertz CT molecular complexity index is 381. The van der Waals surface area contributed by atoms with Crippen molar-refractivity contribution in [2.24, 2.45) is 0 Å². The van der Waals surface area contributed by atoms with Gasteiger partial charge in [0.1, 0.15) is 6.04 Å². The number of carboxylic acid groups (broad SMARTS) is 1. The Balaban J connectivity index is 1.80. The second-order valence-electron chi connectivity index (χ2n) is 6.21. The number of likely N-dealkylation sites (tertiary alicyclic amines) is 2. The van der Waals surface area contributed by atoms with Crippen LogP contribution in [0.1, 0.15) is 39.5 Å². The van der Waals surface area contributed by atoms with Crippen LogP contribution in [-0.2, 0) is 9.59 Å². The van der Waals surface area contributed by atoms with E-state index in [4.69, 9.17) is 0 Å². The smallest absolute Gasteiger partial charge is 0.320 e. The van der Waals surface area contributed by atoms with Crippen LogP contribution in [0, 0.1) is 0 Å². The first kappa shape index (κ1) is 16.6. The highest BCUT2D eigenvalue weighted by Crippen LogP contribution is 2.26. The summed E-state index contributed by atoms with van der Waals surface area (Å²) in [5.41, 5.74) is 0. The number of thioether (sulfide) groups is 1. The molecular formula is C15H26N2O3S. The summed E-state index contributed by atoms with van der Waals surface area (Å²) in [5, 5.41) is 9.75. The van der Waals surface area contributed by atoms with Crippen LogP contribution in [0.25, 0.3) is 0 Å². The molecule has 0 aliphatic carbocycles. The first-order chi connectivity index (χ1) is 9.99. The molecule has 1 amide bonds. The molecule has 0 spiro atoms. The van der Waals surface area contributed by atoms with Crippen molar-refractivity contribution in [3.8, 4) is 0 Å². The number of carbonyl (C=O) groups is 2. The van der Waals surface area contributed by atoms with Gasteiger partial charge in [-0.1, -0.05) is 13.8 Å². The standard InChI is InChI=1S/C15H26N2O3S/c1-11(2)21-10-14(18)16-8-5-12(6-9-16)17-7-3-4-13(17)15(19)20/h11-13H,3-10H2,1-2H3,(H,19,20). The van der Waals surface area contributed by atoms with Gasteiger partial charge < -0.3 is 10.0 Å². The van der Waals surface area contributed by atoms with Gasteiger partial charge in [-0.2, -0.15) is 0 Å². The molecule has 0 radical (unpaired) electrons. The minimum Gasteiger partial charge on any atom is -0.480 e. The number of hydrogen-bond acceptors (Lipinski definition) is 4. The maximum Gasteiger partial charge on any atom is 0.320 e. The largest absolute Gasteiger partial charge is 0.480 e. The lowest BCUT2D eigenvalue weighted by molar-refractivity contribution is -0.144. The monoisotopic (exact) mass is 314 g/mol. The summed E-state index contributed by atoms with van der Waals surface area (Å²) < 4.78 is 0. The van der Waals surface area contributed by atoms with Crippen LogP contribution in [0.15, 0.2) is 0 Å². The third-order valence-electron chi connectivity index (χ3n) is 4.41. The third kappa shape index (κ3) is 4.36. The van der Waals surface area contributed by atoms with Gasteiger partial charge in [-0.25, -0.2) is 0 Å². The number of hydrogen-bond donors (Lipinski definition) is 1. The minimum absolute atomic E-state index is 0.225. The van der Waals surface area contributed by atoms with Gasteiger partial charge in [-0.3, -0.25) is 14.5 Å². The Labute approximate surface area is 131 Å². The molecule has 2 fully saturated rings. The molecular weight excluding hydrogens is 288 g/mol. The van der Waals surface area contributed by atoms with E-state index in [1.165, 1.54) is 0 Å². The molecule has 120 valence electrons. The highest BCUT2D eigenvalue weighted by Gasteiger charge is 2.37. The van der Waals surface area contributed by atoms with Crippen LogP contribution >= 0.6 is 11.8 Å². The molecule has 2 rings (SSSR count). The van der Waals surface area contributed by atoms with Crippen molar-refractivity contribution < 1.29 is 14.7 Å². The second kappa shape index (κ2) is 7.49. The molecule has 2 aliphatic heterocycles. The average molecular weight is 314 g/mol. The molecule has 0 aromatic rings. The van der Waals surface area contributed by atoms with Crippen molar-refractivity contribution in [3.63, 3.8) is 0 Å². The molecule has 0 bridgehead atoms. The Kier molecular flexibility index (Phi) is 5.93. The fraction of sp³-hybridized carbons (Fsp3) is 0.867. The zero-order valence-corrected chi connectivity index (χ0v) is 13.8. The Morgan fingerprint density at radius 2 is 1.86 bits per heavy atom. The highest BCUT2D eigenvalue weighted by atomic mass is 32.2. The van der Waals surface area contributed by atoms with E-state index in [0.717, 1.165) is 45.3 Å². The van der Waals surface area contributed by atoms with E-state index in [0.29, 0.717) is 17.0 Å². The van der Waals surface area contributed by atoms with Crippen LogP contribution in [0.5, 0.6) is 0 Å². The van der Waals surface area contributed by atoms with E-state index in [2.05, 4.69) is 18.7 Å². The fourth-order valence-corrected chi connectivity index (χ4v) is 3.93. The van der Waals surface area contributed by atoms with Gasteiger partial charge in [-0.15, -0.1) is 11.8 Å². The number of amides is 1. The molecule has 1 atom stereocenters. The van der Waals surface area contributed by atoms with Crippen LogP contribution in [-0.4, -0.2) is 69.5 Å². The van der Waals surface area contributed by atoms with Crippen molar-refractivity contribution in [2.75, 3.05) is 25.4 Å². The molecule has 21 heavy (non-hydrogen) atoms. The van der Waals surface area contributed by atoms with Gasteiger partial charge in [0.15, 0.2) is 0 Å². The summed E-state index contributed by atoms with van der Waals surface area (Å²) in [7, 11) is 0. The highest BCUT2D eigenvalue weighted by molar-refractivity contribution is 8.00. The van der Waals surface area contributed by atoms with E-state index < -0.39 is 5.97 Å². The average Bonchev–Trinajstić information content (AvgIpc) is 2.94. The topological polar surface area (TPSA) is 60.9 Å². The number of carbonyl (C=O) groups excluding carboxylic acids is 1. The van der Waals surface area contributed by atoms with Crippen LogP contribution < -0.4 is 0 Å². The number of aliphatic carboxylic acids is 1. The predicted molar refractivity (Wildman–Crippen MR) is 84.6 cm³/mol. The second-order valence-corrected chi connectivity index (χ2v) is 7.77. The van der Waals surface area contributed by atoms with E-state index >= 15 is 0 Å². The van der Waals surface area contributed by atoms with Crippen molar-refractivity contribution in [1.29, 1.82) is 0 Å². The Morgan fingerprint density at radius 1 is 1.19 bits per heavy atom. The summed E-state index contributed by atoms with van der Waals surface area (Å²) in [4.78, 5) is 27.5. The van der Waals surface area contributed by atoms with Gasteiger partial charge in [0.2, 0.25) is 5.91 Å². The molecule has 0 saturated carbocycles. The third-order valence-corrected chi connectivity index (χ3v) is 5.49. The van der Waals surface area contributed by atoms with Gasteiger partial charge in [0, 0.05) is 19.1 Å². The molecule has 1 unspecified atom stereocenters. The summed E-state index contributed by atoms with van der Waals surface area (Å²) in [6.45, 7) is 6.63. The normalized spacial score (nSPS) is 24.7. The maximum absolute atomic E-state index is 12.1. The Hall–Kier alpha value is -0.750. The van der Waals surface area contributed by atoms with E-state index in [1.807, 2.05) is 4.90 Å². The van der Waals surface area contributed by atoms with Crippen LogP contribution in [0.4, 0.5) is 0 Å². The summed E-state index contributed by atoms with van der Waals surface area (Å²) >= 11 is 1.68. The first-order valence-corrected chi connectivity index (χ1v) is 8.92. The minimum atomic E-state index is -0.695. The lowest BCUT2D eigenvalue weighted by atomic mass is 10.0. The van der Waals surface area contributed by atoms with E-state index in [-0.39, 0.29) is 11.9 Å². The Morgan fingerprint density at radius 3 is 2.43 bits per heavy atom. The zero-order valence-electron chi connectivity index (χ0n) is 13.0. The fourth-order valence-electron chi connectivity index (χ4n) is 3.27. The van der Waals surface area contributed by atoms with Crippen molar-refractivity contribution in [1.82, 2.24) is 9.80 Å². The molecule has 2 saturated heterocycles. The number of carboxylic acids is 1. The van der Waals surface area contributed by atoms with Crippen molar-refractivity contribution >= 4 is 23.6 Å². The molecule has 5 nitrogen and oxygen atoms in total. The van der Waals surface area contributed by atoms with Crippen LogP contribution in [0.3, 0.4) is 0 Å². The number of rotatable bonds is 5. The lowest BCUT2D eigenvalue weighted by Gasteiger charge is -2.38. The molecule has 1 N–H and O–H groups in total. The molecule has 2 heterocycles. The number of piperidine rings is 1. The summed E-state index contributed by atoms with van der Waals surface area (Å²) in [6, 6.07) is 0.0177. The lowest BCUT2D eigenvalue weighted by Crippen LogP contribution is -2.50. The van der Waals surface area contributed by atoms with E-state index in [1.54, 1.807) is 11.8 Å². The van der Waals surface area contributed by atoms with Gasteiger partial charge in [0.05, 0.1) is 5.75 Å². The van der Waals surface area contributed by atoms with Gasteiger partial charge in [0.25, 0.3) is 0 Å². The van der Waals surface area contributed by atoms with Gasteiger partial charge in [-0.05, 0) is 37.5 Å². The quantitative estimate of drug-likeness (QED) is 0.836. The predicted octanol–water partition coefficient (Wildman–Crippen LogP) is 1.67. The molecule has 0 aromatic heterocycles. The molecule has 2 aliphatic rings.